The van der Waals surface area contributed by atoms with Crippen molar-refractivity contribution in [3.8, 4) is 0 Å². The second-order valence-corrected chi connectivity index (χ2v) is 3.79. The van der Waals surface area contributed by atoms with E-state index in [-0.39, 0.29) is 17.4 Å². The third-order valence-electron chi connectivity index (χ3n) is 2.72. The fourth-order valence-electron chi connectivity index (χ4n) is 1.78. The maximum atomic E-state index is 13.0. The molecule has 0 atom stereocenters. The lowest BCUT2D eigenvalue weighted by atomic mass is 10.1. The SMILES string of the molecule is C/C=C(/CC)C(=O)c1cc2cc(F)ccc2o1. The highest BCUT2D eigenvalue weighted by atomic mass is 19.1. The van der Waals surface area contributed by atoms with E-state index in [4.69, 9.17) is 4.42 Å². The van der Waals surface area contributed by atoms with Gasteiger partial charge in [0.25, 0.3) is 0 Å². The summed E-state index contributed by atoms with van der Waals surface area (Å²) in [5.74, 6) is -0.203. The van der Waals surface area contributed by atoms with Crippen molar-refractivity contribution in [1.29, 1.82) is 0 Å². The van der Waals surface area contributed by atoms with Gasteiger partial charge < -0.3 is 4.42 Å². The van der Waals surface area contributed by atoms with Gasteiger partial charge in [-0.3, -0.25) is 4.79 Å². The molecule has 0 saturated carbocycles. The van der Waals surface area contributed by atoms with Crippen LogP contribution in [-0.2, 0) is 0 Å². The number of carbonyl (C=O) groups excluding carboxylic acids is 1. The number of allylic oxidation sites excluding steroid dienone is 2. The van der Waals surface area contributed by atoms with Gasteiger partial charge in [0.15, 0.2) is 5.76 Å². The number of ketones is 1. The summed E-state index contributed by atoms with van der Waals surface area (Å²) < 4.78 is 18.4. The number of furan rings is 1. The van der Waals surface area contributed by atoms with E-state index >= 15 is 0 Å². The van der Waals surface area contributed by atoms with Crippen molar-refractivity contribution in [2.45, 2.75) is 20.3 Å². The standard InChI is InChI=1S/C14H13FO2/c1-3-9(4-2)14(16)13-8-10-7-11(15)5-6-12(10)17-13/h3,5-8H,4H2,1-2H3/b9-3-. The Morgan fingerprint density at radius 1 is 1.41 bits per heavy atom. The van der Waals surface area contributed by atoms with Gasteiger partial charge in [-0.05, 0) is 43.2 Å². The van der Waals surface area contributed by atoms with Gasteiger partial charge in [-0.2, -0.15) is 0 Å². The zero-order valence-electron chi connectivity index (χ0n) is 9.79. The number of fused-ring (bicyclic) bond motifs is 1. The molecule has 0 N–H and O–H groups in total. The van der Waals surface area contributed by atoms with Crippen molar-refractivity contribution in [3.63, 3.8) is 0 Å². The average molecular weight is 232 g/mol. The summed E-state index contributed by atoms with van der Waals surface area (Å²) >= 11 is 0. The molecule has 0 amide bonds. The Balaban J connectivity index is 2.46. The Bertz CT molecular complexity index is 593. The Kier molecular flexibility index (Phi) is 3.09. The van der Waals surface area contributed by atoms with Crippen LogP contribution in [0.1, 0.15) is 30.8 Å². The van der Waals surface area contributed by atoms with Gasteiger partial charge in [0.1, 0.15) is 11.4 Å². The molecule has 1 heterocycles. The molecule has 0 radical (unpaired) electrons. The quantitative estimate of drug-likeness (QED) is 0.588. The molecular formula is C14H13FO2. The smallest absolute Gasteiger partial charge is 0.223 e. The first-order valence-electron chi connectivity index (χ1n) is 5.54. The summed E-state index contributed by atoms with van der Waals surface area (Å²) in [5.41, 5.74) is 1.23. The minimum Gasteiger partial charge on any atom is -0.453 e. The van der Waals surface area contributed by atoms with E-state index in [0.717, 1.165) is 0 Å². The molecule has 0 fully saturated rings. The van der Waals surface area contributed by atoms with E-state index in [1.165, 1.54) is 18.2 Å². The van der Waals surface area contributed by atoms with Crippen LogP contribution in [0.3, 0.4) is 0 Å². The van der Waals surface area contributed by atoms with Crippen LogP contribution in [0.25, 0.3) is 11.0 Å². The number of halogens is 1. The highest BCUT2D eigenvalue weighted by molar-refractivity contribution is 6.08. The minimum atomic E-state index is -0.334. The van der Waals surface area contributed by atoms with E-state index in [9.17, 15) is 9.18 Å². The van der Waals surface area contributed by atoms with E-state index in [0.29, 0.717) is 23.0 Å². The average Bonchev–Trinajstić information content (AvgIpc) is 2.73. The third-order valence-corrected chi connectivity index (χ3v) is 2.72. The Morgan fingerprint density at radius 2 is 2.18 bits per heavy atom. The number of Topliss-reactive ketones (excluding diaryl/α,β-unsaturated/α-hetero) is 1. The Labute approximate surface area is 98.7 Å². The van der Waals surface area contributed by atoms with Crippen LogP contribution in [-0.4, -0.2) is 5.78 Å². The van der Waals surface area contributed by atoms with Gasteiger partial charge in [-0.15, -0.1) is 0 Å². The largest absolute Gasteiger partial charge is 0.453 e. The number of hydrogen-bond acceptors (Lipinski definition) is 2. The van der Waals surface area contributed by atoms with Crippen molar-refractivity contribution < 1.29 is 13.6 Å². The van der Waals surface area contributed by atoms with Crippen LogP contribution in [0.5, 0.6) is 0 Å². The van der Waals surface area contributed by atoms with Gasteiger partial charge in [-0.1, -0.05) is 13.0 Å². The molecule has 2 nitrogen and oxygen atoms in total. The predicted molar refractivity (Wildman–Crippen MR) is 64.6 cm³/mol. The molecule has 88 valence electrons. The number of rotatable bonds is 3. The number of carbonyl (C=O) groups is 1. The van der Waals surface area contributed by atoms with Crippen LogP contribution in [0, 0.1) is 5.82 Å². The lowest BCUT2D eigenvalue weighted by Gasteiger charge is -1.98. The van der Waals surface area contributed by atoms with Crippen LogP contribution in [0.2, 0.25) is 0 Å². The van der Waals surface area contributed by atoms with Gasteiger partial charge in [0.05, 0.1) is 0 Å². The molecule has 17 heavy (non-hydrogen) atoms. The van der Waals surface area contributed by atoms with E-state index in [2.05, 4.69) is 0 Å². The lowest BCUT2D eigenvalue weighted by molar-refractivity contribution is 0.100. The van der Waals surface area contributed by atoms with Gasteiger partial charge >= 0.3 is 0 Å². The van der Waals surface area contributed by atoms with Crippen molar-refractivity contribution in [3.05, 3.63) is 47.5 Å². The fourth-order valence-corrected chi connectivity index (χ4v) is 1.78. The van der Waals surface area contributed by atoms with Gasteiger partial charge in [0, 0.05) is 5.39 Å². The van der Waals surface area contributed by atoms with Crippen LogP contribution in [0.15, 0.2) is 40.3 Å². The van der Waals surface area contributed by atoms with Crippen molar-refractivity contribution in [2.24, 2.45) is 0 Å². The third kappa shape index (κ3) is 2.13. The molecule has 2 aromatic rings. The summed E-state index contributed by atoms with van der Waals surface area (Å²) in [7, 11) is 0. The Morgan fingerprint density at radius 3 is 2.82 bits per heavy atom. The summed E-state index contributed by atoms with van der Waals surface area (Å²) in [5, 5.41) is 0.611. The predicted octanol–water partition coefficient (Wildman–Crippen LogP) is 4.11. The number of benzene rings is 1. The zero-order valence-corrected chi connectivity index (χ0v) is 9.79. The van der Waals surface area contributed by atoms with E-state index in [1.807, 2.05) is 13.8 Å². The normalized spacial score (nSPS) is 12.1. The molecule has 0 saturated heterocycles. The zero-order chi connectivity index (χ0) is 12.4. The highest BCUT2D eigenvalue weighted by Gasteiger charge is 2.15. The van der Waals surface area contributed by atoms with E-state index in [1.54, 1.807) is 12.1 Å². The topological polar surface area (TPSA) is 30.2 Å². The molecule has 0 aliphatic rings. The first-order chi connectivity index (χ1) is 8.15. The molecular weight excluding hydrogens is 219 g/mol. The first kappa shape index (κ1) is 11.6. The van der Waals surface area contributed by atoms with Crippen LogP contribution >= 0.6 is 0 Å². The second-order valence-electron chi connectivity index (χ2n) is 3.79. The molecule has 3 heteroatoms. The molecule has 0 aliphatic carbocycles. The number of hydrogen-bond donors (Lipinski definition) is 0. The molecule has 0 aliphatic heterocycles. The summed E-state index contributed by atoms with van der Waals surface area (Å²) in [6.45, 7) is 3.73. The molecule has 1 aromatic carbocycles. The van der Waals surface area contributed by atoms with Crippen molar-refractivity contribution in [1.82, 2.24) is 0 Å². The van der Waals surface area contributed by atoms with Crippen LogP contribution < -0.4 is 0 Å². The molecule has 2 rings (SSSR count). The maximum absolute atomic E-state index is 13.0. The second kappa shape index (κ2) is 4.53. The minimum absolute atomic E-state index is 0.133. The maximum Gasteiger partial charge on any atom is 0.223 e. The molecule has 0 bridgehead atoms. The summed E-state index contributed by atoms with van der Waals surface area (Å²) in [4.78, 5) is 12.0. The highest BCUT2D eigenvalue weighted by Crippen LogP contribution is 2.22. The van der Waals surface area contributed by atoms with E-state index < -0.39 is 0 Å². The molecule has 0 spiro atoms. The fraction of sp³-hybridized carbons (Fsp3) is 0.214. The van der Waals surface area contributed by atoms with Gasteiger partial charge in [0.2, 0.25) is 5.78 Å². The summed E-state index contributed by atoms with van der Waals surface area (Å²) in [6, 6.07) is 5.79. The lowest BCUT2D eigenvalue weighted by Crippen LogP contribution is -2.00. The Hall–Kier alpha value is -1.90. The molecule has 0 unspecified atom stereocenters. The van der Waals surface area contributed by atoms with Gasteiger partial charge in [-0.25, -0.2) is 4.39 Å². The molecule has 1 aromatic heterocycles. The van der Waals surface area contributed by atoms with Crippen molar-refractivity contribution >= 4 is 16.8 Å². The first-order valence-corrected chi connectivity index (χ1v) is 5.54. The monoisotopic (exact) mass is 232 g/mol. The van der Waals surface area contributed by atoms with Crippen molar-refractivity contribution in [2.75, 3.05) is 0 Å². The summed E-state index contributed by atoms with van der Waals surface area (Å²) in [6.07, 6.45) is 2.43. The van der Waals surface area contributed by atoms with Crippen LogP contribution in [0.4, 0.5) is 4.39 Å².